The molecule has 2 nitrogen and oxygen atoms in total. The Hall–Kier alpha value is -0.550. The fraction of sp³-hybridized carbons (Fsp3) is 0.933. The lowest BCUT2D eigenvalue weighted by molar-refractivity contribution is 0.233. The molecule has 1 rings (SSSR count). The van der Waals surface area contributed by atoms with Crippen LogP contribution in [0.4, 0.5) is 0 Å². The van der Waals surface area contributed by atoms with Gasteiger partial charge in [-0.3, -0.25) is 0 Å². The fourth-order valence-electron chi connectivity index (χ4n) is 2.85. The monoisotopic (exact) mass is 236 g/mol. The topological polar surface area (TPSA) is 27.0 Å². The van der Waals surface area contributed by atoms with Crippen LogP contribution in [0.3, 0.4) is 0 Å². The molecule has 17 heavy (non-hydrogen) atoms. The molecule has 0 aromatic rings. The maximum absolute atomic E-state index is 8.98. The molecule has 0 unspecified atom stereocenters. The fourth-order valence-corrected chi connectivity index (χ4v) is 2.85. The van der Waals surface area contributed by atoms with E-state index < -0.39 is 0 Å². The van der Waals surface area contributed by atoms with Crippen LogP contribution in [0.25, 0.3) is 0 Å². The third-order valence-electron chi connectivity index (χ3n) is 4.60. The summed E-state index contributed by atoms with van der Waals surface area (Å²) < 4.78 is 0. The maximum Gasteiger partial charge on any atom is 0.0683 e. The molecule has 98 valence electrons. The highest BCUT2D eigenvalue weighted by Crippen LogP contribution is 2.37. The summed E-state index contributed by atoms with van der Waals surface area (Å²) in [5, 5.41) is 8.98. The molecule has 0 aromatic carbocycles. The molecule has 0 aliphatic carbocycles. The van der Waals surface area contributed by atoms with Crippen LogP contribution < -0.4 is 0 Å². The molecule has 0 amide bonds. The first-order valence-corrected chi connectivity index (χ1v) is 7.10. The highest BCUT2D eigenvalue weighted by molar-refractivity contribution is 4.92. The third-order valence-corrected chi connectivity index (χ3v) is 4.60. The summed E-state index contributed by atoms with van der Waals surface area (Å²) in [4.78, 5) is 2.60. The largest absolute Gasteiger partial charge is 0.303 e. The predicted octanol–water partition coefficient (Wildman–Crippen LogP) is 3.83. The number of nitriles is 1. The minimum atomic E-state index is -0.147. The lowest BCUT2D eigenvalue weighted by Gasteiger charge is -2.26. The molecule has 0 saturated carbocycles. The summed E-state index contributed by atoms with van der Waals surface area (Å²) in [6, 6.07) is 2.39. The van der Waals surface area contributed by atoms with Gasteiger partial charge in [0.25, 0.3) is 0 Å². The first-order valence-electron chi connectivity index (χ1n) is 7.10. The van der Waals surface area contributed by atoms with Gasteiger partial charge in [-0.15, -0.1) is 0 Å². The Kier molecular flexibility index (Phi) is 5.01. The first kappa shape index (κ1) is 14.5. The SMILES string of the molecule is CCC1(CC)CCN(CCCC(C)(C)C#N)C1. The molecule has 0 atom stereocenters. The van der Waals surface area contributed by atoms with Crippen molar-refractivity contribution in [2.24, 2.45) is 10.8 Å². The lowest BCUT2D eigenvalue weighted by Crippen LogP contribution is -2.27. The Bertz CT molecular complexity index is 271. The minimum Gasteiger partial charge on any atom is -0.303 e. The second-order valence-corrected chi connectivity index (χ2v) is 6.33. The Morgan fingerprint density at radius 2 is 1.94 bits per heavy atom. The van der Waals surface area contributed by atoms with E-state index in [0.717, 1.165) is 12.8 Å². The molecule has 1 heterocycles. The van der Waals surface area contributed by atoms with Crippen LogP contribution in [0, 0.1) is 22.2 Å². The van der Waals surface area contributed by atoms with Crippen molar-refractivity contribution in [3.8, 4) is 6.07 Å². The second-order valence-electron chi connectivity index (χ2n) is 6.33. The molecule has 0 N–H and O–H groups in total. The van der Waals surface area contributed by atoms with E-state index in [1.807, 2.05) is 13.8 Å². The van der Waals surface area contributed by atoms with Crippen LogP contribution in [0.1, 0.15) is 59.8 Å². The molecule has 1 saturated heterocycles. The smallest absolute Gasteiger partial charge is 0.0683 e. The molecular formula is C15H28N2. The Morgan fingerprint density at radius 3 is 2.41 bits per heavy atom. The predicted molar refractivity (Wildman–Crippen MR) is 72.7 cm³/mol. The molecule has 0 radical (unpaired) electrons. The number of nitrogens with zero attached hydrogens (tertiary/aromatic N) is 2. The van der Waals surface area contributed by atoms with Gasteiger partial charge in [0.15, 0.2) is 0 Å². The Morgan fingerprint density at radius 1 is 1.29 bits per heavy atom. The van der Waals surface area contributed by atoms with Gasteiger partial charge in [-0.25, -0.2) is 0 Å². The number of rotatable bonds is 6. The average molecular weight is 236 g/mol. The molecule has 1 aliphatic heterocycles. The van der Waals surface area contributed by atoms with Crippen molar-refractivity contribution in [3.63, 3.8) is 0 Å². The van der Waals surface area contributed by atoms with Crippen molar-refractivity contribution in [2.45, 2.75) is 59.8 Å². The van der Waals surface area contributed by atoms with Crippen LogP contribution in [-0.2, 0) is 0 Å². The van der Waals surface area contributed by atoms with E-state index in [2.05, 4.69) is 24.8 Å². The summed E-state index contributed by atoms with van der Waals surface area (Å²) in [6.07, 6.45) is 6.16. The van der Waals surface area contributed by atoms with Gasteiger partial charge < -0.3 is 4.90 Å². The second kappa shape index (κ2) is 5.87. The van der Waals surface area contributed by atoms with Crippen molar-refractivity contribution < 1.29 is 0 Å². The van der Waals surface area contributed by atoms with E-state index in [4.69, 9.17) is 5.26 Å². The third kappa shape index (κ3) is 4.00. The summed E-state index contributed by atoms with van der Waals surface area (Å²) in [5.74, 6) is 0. The zero-order valence-corrected chi connectivity index (χ0v) is 12.1. The average Bonchev–Trinajstić information content (AvgIpc) is 2.73. The van der Waals surface area contributed by atoms with Gasteiger partial charge in [0.05, 0.1) is 11.5 Å². The van der Waals surface area contributed by atoms with Crippen LogP contribution in [0.2, 0.25) is 0 Å². The van der Waals surface area contributed by atoms with Crippen molar-refractivity contribution >= 4 is 0 Å². The summed E-state index contributed by atoms with van der Waals surface area (Å²) in [6.45, 7) is 12.4. The standard InChI is InChI=1S/C15H28N2/c1-5-15(6-2)9-11-17(13-15)10-7-8-14(3,4)12-16/h5-11,13H2,1-4H3. The van der Waals surface area contributed by atoms with Gasteiger partial charge in [0.2, 0.25) is 0 Å². The van der Waals surface area contributed by atoms with Crippen molar-refractivity contribution in [2.75, 3.05) is 19.6 Å². The van der Waals surface area contributed by atoms with Gasteiger partial charge in [-0.1, -0.05) is 13.8 Å². The first-order chi connectivity index (χ1) is 7.97. The van der Waals surface area contributed by atoms with Gasteiger partial charge in [0.1, 0.15) is 0 Å². The molecular weight excluding hydrogens is 208 g/mol. The zero-order valence-electron chi connectivity index (χ0n) is 12.1. The quantitative estimate of drug-likeness (QED) is 0.701. The molecule has 2 heteroatoms. The van der Waals surface area contributed by atoms with Crippen molar-refractivity contribution in [1.82, 2.24) is 4.90 Å². The van der Waals surface area contributed by atoms with E-state index in [1.54, 1.807) is 0 Å². The van der Waals surface area contributed by atoms with Crippen LogP contribution in [0.15, 0.2) is 0 Å². The van der Waals surface area contributed by atoms with E-state index in [0.29, 0.717) is 5.41 Å². The normalized spacial score (nSPS) is 20.4. The lowest BCUT2D eigenvalue weighted by atomic mass is 9.82. The van der Waals surface area contributed by atoms with Crippen LogP contribution in [0.5, 0.6) is 0 Å². The van der Waals surface area contributed by atoms with E-state index in [-0.39, 0.29) is 5.41 Å². The van der Waals surface area contributed by atoms with Gasteiger partial charge in [-0.2, -0.15) is 5.26 Å². The summed E-state index contributed by atoms with van der Waals surface area (Å²) >= 11 is 0. The van der Waals surface area contributed by atoms with Crippen molar-refractivity contribution in [3.05, 3.63) is 0 Å². The van der Waals surface area contributed by atoms with Crippen molar-refractivity contribution in [1.29, 1.82) is 5.26 Å². The maximum atomic E-state index is 8.98. The summed E-state index contributed by atoms with van der Waals surface area (Å²) in [7, 11) is 0. The number of hydrogen-bond acceptors (Lipinski definition) is 2. The van der Waals surface area contributed by atoms with Crippen LogP contribution >= 0.6 is 0 Å². The van der Waals surface area contributed by atoms with Gasteiger partial charge in [-0.05, 0) is 64.5 Å². The van der Waals surface area contributed by atoms with E-state index >= 15 is 0 Å². The molecule has 1 fully saturated rings. The van der Waals surface area contributed by atoms with E-state index in [9.17, 15) is 0 Å². The highest BCUT2D eigenvalue weighted by Gasteiger charge is 2.34. The Balaban J connectivity index is 2.30. The van der Waals surface area contributed by atoms with Gasteiger partial charge >= 0.3 is 0 Å². The molecule has 0 spiro atoms. The highest BCUT2D eigenvalue weighted by atomic mass is 15.2. The minimum absolute atomic E-state index is 0.147. The van der Waals surface area contributed by atoms with E-state index in [1.165, 1.54) is 38.9 Å². The Labute approximate surface area is 107 Å². The molecule has 0 bridgehead atoms. The number of hydrogen-bond donors (Lipinski definition) is 0. The summed E-state index contributed by atoms with van der Waals surface area (Å²) in [5.41, 5.74) is 0.442. The van der Waals surface area contributed by atoms with Crippen LogP contribution in [-0.4, -0.2) is 24.5 Å². The molecule has 0 aromatic heterocycles. The molecule has 1 aliphatic rings. The van der Waals surface area contributed by atoms with Gasteiger partial charge in [0, 0.05) is 6.54 Å². The zero-order chi connectivity index (χ0) is 12.9. The number of likely N-dealkylation sites (tertiary alicyclic amines) is 1.